The fraction of sp³-hybridized carbons (Fsp3) is 0.833. The van der Waals surface area contributed by atoms with Gasteiger partial charge >= 0.3 is 6.36 Å². The molecule has 1 unspecified atom stereocenters. The average Bonchev–Trinajstić information content (AvgIpc) is 1.95. The van der Waals surface area contributed by atoms with Crippen LogP contribution in [0, 0.1) is 0 Å². The molecule has 7 heteroatoms. The zero-order valence-electron chi connectivity index (χ0n) is 6.80. The molecule has 0 fully saturated rings. The largest absolute Gasteiger partial charge is 0.522 e. The summed E-state index contributed by atoms with van der Waals surface area (Å²) in [5, 5.41) is 0. The molecule has 0 heterocycles. The summed E-state index contributed by atoms with van der Waals surface area (Å²) in [4.78, 5) is 10.3. The summed E-state index contributed by atoms with van der Waals surface area (Å²) < 4.78 is 37.6. The quantitative estimate of drug-likeness (QED) is 0.618. The van der Waals surface area contributed by atoms with E-state index in [0.29, 0.717) is 0 Å². The first-order valence-corrected chi connectivity index (χ1v) is 3.58. The van der Waals surface area contributed by atoms with Gasteiger partial charge < -0.3 is 11.5 Å². The lowest BCUT2D eigenvalue weighted by Crippen LogP contribution is -2.36. The lowest BCUT2D eigenvalue weighted by molar-refractivity contribution is -0.324. The summed E-state index contributed by atoms with van der Waals surface area (Å²) in [7, 11) is 0. The Bertz CT molecular complexity index is 172. The van der Waals surface area contributed by atoms with Crippen LogP contribution in [0.4, 0.5) is 13.2 Å². The van der Waals surface area contributed by atoms with Gasteiger partial charge in [-0.05, 0) is 12.8 Å². The fourth-order valence-electron chi connectivity index (χ4n) is 0.633. The second kappa shape index (κ2) is 5.03. The van der Waals surface area contributed by atoms with E-state index in [1.165, 1.54) is 0 Å². The van der Waals surface area contributed by atoms with Crippen molar-refractivity contribution in [3.05, 3.63) is 0 Å². The third-order valence-corrected chi connectivity index (χ3v) is 1.29. The number of nitrogens with two attached hydrogens (primary N) is 2. The topological polar surface area (TPSA) is 78.3 Å². The second-order valence-corrected chi connectivity index (χ2v) is 2.45. The highest BCUT2D eigenvalue weighted by Gasteiger charge is 2.28. The Morgan fingerprint density at radius 1 is 1.46 bits per heavy atom. The molecule has 0 radical (unpaired) electrons. The first kappa shape index (κ1) is 12.2. The van der Waals surface area contributed by atoms with E-state index in [2.05, 4.69) is 4.74 Å². The number of carbonyl (C=O) groups excluding carboxylic acids is 1. The van der Waals surface area contributed by atoms with Gasteiger partial charge in [-0.3, -0.25) is 9.53 Å². The standard InChI is InChI=1S/C6H11F3N2O2/c7-6(8,9)13-3-1-2-4(10)5(11)12/h4H,1-3,10H2,(H2,11,12). The summed E-state index contributed by atoms with van der Waals surface area (Å²) in [5.41, 5.74) is 9.93. The number of hydrogen-bond donors (Lipinski definition) is 2. The minimum absolute atomic E-state index is 0.0453. The third kappa shape index (κ3) is 7.54. The Balaban J connectivity index is 3.41. The van der Waals surface area contributed by atoms with E-state index in [1.54, 1.807) is 0 Å². The maximum atomic E-state index is 11.4. The molecule has 13 heavy (non-hydrogen) atoms. The minimum atomic E-state index is -4.63. The van der Waals surface area contributed by atoms with Crippen molar-refractivity contribution in [1.82, 2.24) is 0 Å². The Morgan fingerprint density at radius 3 is 2.38 bits per heavy atom. The Kier molecular flexibility index (Phi) is 4.71. The average molecular weight is 200 g/mol. The van der Waals surface area contributed by atoms with E-state index in [1.807, 2.05) is 0 Å². The van der Waals surface area contributed by atoms with Gasteiger partial charge in [0, 0.05) is 0 Å². The Hall–Kier alpha value is -0.820. The van der Waals surface area contributed by atoms with Crippen molar-refractivity contribution in [3.63, 3.8) is 0 Å². The lowest BCUT2D eigenvalue weighted by Gasteiger charge is -2.08. The van der Waals surface area contributed by atoms with E-state index in [0.717, 1.165) is 0 Å². The van der Waals surface area contributed by atoms with Gasteiger partial charge in [0.25, 0.3) is 0 Å². The maximum absolute atomic E-state index is 11.4. The highest BCUT2D eigenvalue weighted by Crippen LogP contribution is 2.16. The van der Waals surface area contributed by atoms with Gasteiger partial charge in [0.05, 0.1) is 12.6 Å². The molecule has 4 N–H and O–H groups in total. The van der Waals surface area contributed by atoms with E-state index in [-0.39, 0.29) is 12.8 Å². The van der Waals surface area contributed by atoms with Gasteiger partial charge in [-0.25, -0.2) is 0 Å². The molecule has 1 atom stereocenters. The molecular formula is C6H11F3N2O2. The number of primary amides is 1. The minimum Gasteiger partial charge on any atom is -0.368 e. The van der Waals surface area contributed by atoms with Crippen molar-refractivity contribution >= 4 is 5.91 Å². The molecule has 0 saturated heterocycles. The third-order valence-electron chi connectivity index (χ3n) is 1.29. The molecule has 0 saturated carbocycles. The van der Waals surface area contributed by atoms with Gasteiger partial charge in [0.2, 0.25) is 5.91 Å². The van der Waals surface area contributed by atoms with Crippen LogP contribution in [0.1, 0.15) is 12.8 Å². The van der Waals surface area contributed by atoms with Crippen LogP contribution >= 0.6 is 0 Å². The molecular weight excluding hydrogens is 189 g/mol. The van der Waals surface area contributed by atoms with E-state index >= 15 is 0 Å². The number of halogens is 3. The molecule has 4 nitrogen and oxygen atoms in total. The first-order valence-electron chi connectivity index (χ1n) is 3.58. The van der Waals surface area contributed by atoms with Crippen molar-refractivity contribution in [2.75, 3.05) is 6.61 Å². The molecule has 0 aliphatic carbocycles. The number of ether oxygens (including phenoxy) is 1. The molecule has 1 amide bonds. The van der Waals surface area contributed by atoms with Crippen molar-refractivity contribution in [1.29, 1.82) is 0 Å². The first-order chi connectivity index (χ1) is 5.83. The van der Waals surface area contributed by atoms with Gasteiger partial charge in [0.15, 0.2) is 0 Å². The van der Waals surface area contributed by atoms with Crippen LogP contribution in [0.25, 0.3) is 0 Å². The van der Waals surface area contributed by atoms with E-state index in [9.17, 15) is 18.0 Å². The molecule has 0 aliphatic rings. The smallest absolute Gasteiger partial charge is 0.368 e. The van der Waals surface area contributed by atoms with Crippen molar-refractivity contribution in [2.45, 2.75) is 25.2 Å². The Labute approximate surface area is 73.0 Å². The van der Waals surface area contributed by atoms with Crippen LogP contribution in [-0.4, -0.2) is 24.9 Å². The van der Waals surface area contributed by atoms with E-state index < -0.39 is 24.9 Å². The van der Waals surface area contributed by atoms with Gasteiger partial charge in [-0.2, -0.15) is 0 Å². The summed E-state index contributed by atoms with van der Waals surface area (Å²) in [5.74, 6) is -0.730. The molecule has 0 aromatic rings. The number of amides is 1. The van der Waals surface area contributed by atoms with Crippen LogP contribution in [0.5, 0.6) is 0 Å². The number of rotatable bonds is 5. The van der Waals surface area contributed by atoms with E-state index in [4.69, 9.17) is 11.5 Å². The monoisotopic (exact) mass is 200 g/mol. The van der Waals surface area contributed by atoms with Crippen LogP contribution in [0.15, 0.2) is 0 Å². The summed E-state index contributed by atoms with van der Waals surface area (Å²) >= 11 is 0. The molecule has 0 bridgehead atoms. The maximum Gasteiger partial charge on any atom is 0.522 e. The number of alkyl halides is 3. The Morgan fingerprint density at radius 2 is 2.00 bits per heavy atom. The van der Waals surface area contributed by atoms with Gasteiger partial charge in [0.1, 0.15) is 0 Å². The summed E-state index contributed by atoms with van der Waals surface area (Å²) in [6.07, 6.45) is -4.49. The van der Waals surface area contributed by atoms with Crippen LogP contribution in [0.3, 0.4) is 0 Å². The van der Waals surface area contributed by atoms with Crippen LogP contribution in [0.2, 0.25) is 0 Å². The normalized spacial score (nSPS) is 14.2. The van der Waals surface area contributed by atoms with Crippen LogP contribution < -0.4 is 11.5 Å². The molecule has 0 aromatic heterocycles. The molecule has 0 rings (SSSR count). The predicted molar refractivity (Wildman–Crippen MR) is 38.4 cm³/mol. The van der Waals surface area contributed by atoms with Crippen molar-refractivity contribution in [3.8, 4) is 0 Å². The van der Waals surface area contributed by atoms with Crippen molar-refractivity contribution < 1.29 is 22.7 Å². The van der Waals surface area contributed by atoms with Gasteiger partial charge in [-0.1, -0.05) is 0 Å². The number of carbonyl (C=O) groups is 1. The summed E-state index contributed by atoms with van der Waals surface area (Å²) in [6, 6.07) is -0.906. The fourth-order valence-corrected chi connectivity index (χ4v) is 0.633. The predicted octanol–water partition coefficient (Wildman–Crippen LogP) is 0.116. The number of hydrogen-bond acceptors (Lipinski definition) is 3. The van der Waals surface area contributed by atoms with Crippen LogP contribution in [-0.2, 0) is 9.53 Å². The SMILES string of the molecule is NC(=O)C(N)CCCOC(F)(F)F. The van der Waals surface area contributed by atoms with Gasteiger partial charge in [-0.15, -0.1) is 13.2 Å². The highest BCUT2D eigenvalue weighted by atomic mass is 19.4. The molecule has 0 spiro atoms. The zero-order chi connectivity index (χ0) is 10.5. The zero-order valence-corrected chi connectivity index (χ0v) is 6.80. The van der Waals surface area contributed by atoms with Crippen molar-refractivity contribution in [2.24, 2.45) is 11.5 Å². The molecule has 78 valence electrons. The second-order valence-electron chi connectivity index (χ2n) is 2.45. The highest BCUT2D eigenvalue weighted by molar-refractivity contribution is 5.79. The molecule has 0 aromatic carbocycles. The summed E-state index contributed by atoms with van der Waals surface area (Å²) in [6.45, 7) is -0.509. The lowest BCUT2D eigenvalue weighted by atomic mass is 10.2. The molecule has 0 aliphatic heterocycles.